The molecule has 0 amide bonds. The molecule has 22 heavy (non-hydrogen) atoms. The van der Waals surface area contributed by atoms with Gasteiger partial charge in [-0.25, -0.2) is 0 Å². The van der Waals surface area contributed by atoms with Crippen molar-refractivity contribution in [3.8, 4) is 11.5 Å². The first-order chi connectivity index (χ1) is 10.5. The Labute approximate surface area is 126 Å². The van der Waals surface area contributed by atoms with Crippen LogP contribution in [0.1, 0.15) is 17.5 Å². The third-order valence-electron chi connectivity index (χ3n) is 3.60. The largest absolute Gasteiger partial charge is 0.573 e. The molecular weight excluding hydrogens is 293 g/mol. The molecule has 0 bridgehead atoms. The molecule has 2 aromatic carbocycles. The van der Waals surface area contributed by atoms with E-state index in [-0.39, 0.29) is 11.9 Å². The summed E-state index contributed by atoms with van der Waals surface area (Å²) < 4.78 is 46.6. The van der Waals surface area contributed by atoms with Gasteiger partial charge in [-0.05, 0) is 42.2 Å². The van der Waals surface area contributed by atoms with Crippen molar-refractivity contribution in [3.05, 3.63) is 59.7 Å². The number of ether oxygens (including phenoxy) is 2. The number of para-hydroxylation sites is 1. The van der Waals surface area contributed by atoms with Crippen LogP contribution in [0.5, 0.6) is 11.5 Å². The summed E-state index contributed by atoms with van der Waals surface area (Å²) in [5.41, 5.74) is 1.94. The highest BCUT2D eigenvalue weighted by atomic mass is 19.4. The SMILES string of the molecule is FC(F)(F)Oc1cccc(CC2CCc3ccccc3O2)c1. The third kappa shape index (κ3) is 3.72. The first-order valence-corrected chi connectivity index (χ1v) is 7.09. The number of fused-ring (bicyclic) bond motifs is 1. The van der Waals surface area contributed by atoms with E-state index in [1.807, 2.05) is 24.3 Å². The Hall–Kier alpha value is -2.17. The fraction of sp³-hybridized carbons (Fsp3) is 0.294. The zero-order chi connectivity index (χ0) is 15.6. The summed E-state index contributed by atoms with van der Waals surface area (Å²) in [6, 6.07) is 13.9. The number of benzene rings is 2. The minimum absolute atomic E-state index is 0.0314. The predicted molar refractivity (Wildman–Crippen MR) is 76.0 cm³/mol. The van der Waals surface area contributed by atoms with E-state index in [4.69, 9.17) is 4.74 Å². The lowest BCUT2D eigenvalue weighted by molar-refractivity contribution is -0.274. The van der Waals surface area contributed by atoms with E-state index in [9.17, 15) is 13.2 Å². The quantitative estimate of drug-likeness (QED) is 0.830. The van der Waals surface area contributed by atoms with Gasteiger partial charge in [0.2, 0.25) is 0 Å². The number of hydrogen-bond donors (Lipinski definition) is 0. The first kappa shape index (κ1) is 14.8. The van der Waals surface area contributed by atoms with Crippen molar-refractivity contribution in [2.24, 2.45) is 0 Å². The van der Waals surface area contributed by atoms with Crippen LogP contribution in [0.25, 0.3) is 0 Å². The summed E-state index contributed by atoms with van der Waals surface area (Å²) in [7, 11) is 0. The molecule has 5 heteroatoms. The number of aryl methyl sites for hydroxylation is 1. The fourth-order valence-electron chi connectivity index (χ4n) is 2.66. The second-order valence-electron chi connectivity index (χ2n) is 5.29. The molecule has 116 valence electrons. The predicted octanol–water partition coefficient (Wildman–Crippen LogP) is 4.52. The van der Waals surface area contributed by atoms with Crippen molar-refractivity contribution < 1.29 is 22.6 Å². The number of rotatable bonds is 3. The number of hydrogen-bond acceptors (Lipinski definition) is 2. The Morgan fingerprint density at radius 2 is 1.91 bits per heavy atom. The molecule has 0 radical (unpaired) electrons. The summed E-state index contributed by atoms with van der Waals surface area (Å²) in [5.74, 6) is 0.669. The monoisotopic (exact) mass is 308 g/mol. The van der Waals surface area contributed by atoms with Gasteiger partial charge in [-0.15, -0.1) is 13.2 Å². The van der Waals surface area contributed by atoms with Crippen molar-refractivity contribution in [2.75, 3.05) is 0 Å². The molecule has 1 aliphatic heterocycles. The first-order valence-electron chi connectivity index (χ1n) is 7.09. The van der Waals surface area contributed by atoms with E-state index in [0.29, 0.717) is 6.42 Å². The van der Waals surface area contributed by atoms with Crippen LogP contribution in [0.3, 0.4) is 0 Å². The van der Waals surface area contributed by atoms with Gasteiger partial charge in [0, 0.05) is 6.42 Å². The van der Waals surface area contributed by atoms with E-state index in [2.05, 4.69) is 4.74 Å². The average molecular weight is 308 g/mol. The smallest absolute Gasteiger partial charge is 0.490 e. The molecular formula is C17H15F3O2. The zero-order valence-electron chi connectivity index (χ0n) is 11.8. The number of alkyl halides is 3. The number of halogens is 3. The van der Waals surface area contributed by atoms with Crippen LogP contribution >= 0.6 is 0 Å². The Bertz CT molecular complexity index is 652. The van der Waals surface area contributed by atoms with E-state index < -0.39 is 6.36 Å². The highest BCUT2D eigenvalue weighted by molar-refractivity contribution is 5.36. The van der Waals surface area contributed by atoms with Crippen LogP contribution < -0.4 is 9.47 Å². The van der Waals surface area contributed by atoms with Gasteiger partial charge in [-0.1, -0.05) is 30.3 Å². The summed E-state index contributed by atoms with van der Waals surface area (Å²) in [5, 5.41) is 0. The molecule has 1 aliphatic rings. The lowest BCUT2D eigenvalue weighted by Gasteiger charge is -2.26. The minimum atomic E-state index is -4.67. The van der Waals surface area contributed by atoms with Gasteiger partial charge in [0.1, 0.15) is 17.6 Å². The maximum atomic E-state index is 12.3. The second kappa shape index (κ2) is 5.91. The molecule has 0 aromatic heterocycles. The molecule has 1 unspecified atom stereocenters. The molecule has 1 atom stereocenters. The average Bonchev–Trinajstić information content (AvgIpc) is 2.46. The molecule has 2 nitrogen and oxygen atoms in total. The van der Waals surface area contributed by atoms with E-state index in [1.165, 1.54) is 17.7 Å². The van der Waals surface area contributed by atoms with Gasteiger partial charge < -0.3 is 9.47 Å². The molecule has 0 aliphatic carbocycles. The minimum Gasteiger partial charge on any atom is -0.490 e. The van der Waals surface area contributed by atoms with E-state index in [0.717, 1.165) is 24.2 Å². The highest BCUT2D eigenvalue weighted by Gasteiger charge is 2.31. The van der Waals surface area contributed by atoms with Gasteiger partial charge in [0.05, 0.1) is 0 Å². The van der Waals surface area contributed by atoms with Crippen molar-refractivity contribution in [1.82, 2.24) is 0 Å². The Morgan fingerprint density at radius 1 is 1.09 bits per heavy atom. The Morgan fingerprint density at radius 3 is 2.73 bits per heavy atom. The maximum absolute atomic E-state index is 12.3. The van der Waals surface area contributed by atoms with Gasteiger partial charge in [0.15, 0.2) is 0 Å². The molecule has 2 aromatic rings. The lowest BCUT2D eigenvalue weighted by Crippen LogP contribution is -2.25. The Kier molecular flexibility index (Phi) is 3.96. The van der Waals surface area contributed by atoms with Crippen molar-refractivity contribution in [2.45, 2.75) is 31.7 Å². The third-order valence-corrected chi connectivity index (χ3v) is 3.60. The van der Waals surface area contributed by atoms with Crippen molar-refractivity contribution in [3.63, 3.8) is 0 Å². The fourth-order valence-corrected chi connectivity index (χ4v) is 2.66. The van der Waals surface area contributed by atoms with E-state index >= 15 is 0 Å². The normalized spacial score (nSPS) is 17.5. The van der Waals surface area contributed by atoms with Crippen LogP contribution in [0.4, 0.5) is 13.2 Å². The highest BCUT2D eigenvalue weighted by Crippen LogP contribution is 2.29. The van der Waals surface area contributed by atoms with Crippen LogP contribution in [0, 0.1) is 0 Å². The van der Waals surface area contributed by atoms with Crippen LogP contribution in [0.2, 0.25) is 0 Å². The van der Waals surface area contributed by atoms with Gasteiger partial charge in [-0.3, -0.25) is 0 Å². The molecule has 3 rings (SSSR count). The molecule has 0 saturated carbocycles. The molecule has 0 saturated heterocycles. The molecule has 0 spiro atoms. The summed E-state index contributed by atoms with van der Waals surface area (Å²) >= 11 is 0. The lowest BCUT2D eigenvalue weighted by atomic mass is 9.97. The molecule has 0 N–H and O–H groups in total. The molecule has 0 fully saturated rings. The van der Waals surface area contributed by atoms with E-state index in [1.54, 1.807) is 12.1 Å². The zero-order valence-corrected chi connectivity index (χ0v) is 11.8. The molecule has 1 heterocycles. The Balaban J connectivity index is 1.68. The summed E-state index contributed by atoms with van der Waals surface area (Å²) in [6.07, 6.45) is -2.38. The van der Waals surface area contributed by atoms with Crippen molar-refractivity contribution >= 4 is 0 Å². The summed E-state index contributed by atoms with van der Waals surface area (Å²) in [4.78, 5) is 0. The maximum Gasteiger partial charge on any atom is 0.573 e. The second-order valence-corrected chi connectivity index (χ2v) is 5.29. The van der Waals surface area contributed by atoms with Crippen LogP contribution in [0.15, 0.2) is 48.5 Å². The summed E-state index contributed by atoms with van der Waals surface area (Å²) in [6.45, 7) is 0. The van der Waals surface area contributed by atoms with Crippen molar-refractivity contribution in [1.29, 1.82) is 0 Å². The topological polar surface area (TPSA) is 18.5 Å². The van der Waals surface area contributed by atoms with Crippen LogP contribution in [-0.4, -0.2) is 12.5 Å². The van der Waals surface area contributed by atoms with Gasteiger partial charge in [0.25, 0.3) is 0 Å². The van der Waals surface area contributed by atoms with Gasteiger partial charge >= 0.3 is 6.36 Å². The van der Waals surface area contributed by atoms with Crippen LogP contribution in [-0.2, 0) is 12.8 Å². The van der Waals surface area contributed by atoms with Gasteiger partial charge in [-0.2, -0.15) is 0 Å². The standard InChI is InChI=1S/C17H15F3O2/c18-17(19,20)22-15-6-3-4-12(11-15)10-14-9-8-13-5-1-2-7-16(13)21-14/h1-7,11,14H,8-10H2.